The number of allylic oxidation sites excluding steroid dienone is 2. The second-order valence-corrected chi connectivity index (χ2v) is 4.00. The zero-order valence-corrected chi connectivity index (χ0v) is 10.4. The summed E-state index contributed by atoms with van der Waals surface area (Å²) < 4.78 is 5.33. The fourth-order valence-corrected chi connectivity index (χ4v) is 1.30. The summed E-state index contributed by atoms with van der Waals surface area (Å²) in [6.45, 7) is 9.23. The summed E-state index contributed by atoms with van der Waals surface area (Å²) in [5.74, 6) is 0. The third-order valence-corrected chi connectivity index (χ3v) is 2.37. The highest BCUT2D eigenvalue weighted by atomic mass is 16.5. The van der Waals surface area contributed by atoms with Crippen LogP contribution in [0.1, 0.15) is 58.8 Å². The Kier molecular flexibility index (Phi) is 10.8. The maximum absolute atomic E-state index is 5.33. The highest BCUT2D eigenvalue weighted by molar-refractivity contribution is 5.12. The lowest BCUT2D eigenvalue weighted by molar-refractivity contribution is 0.243. The maximum Gasteiger partial charge on any atom is 0.0873 e. The van der Waals surface area contributed by atoms with E-state index in [2.05, 4.69) is 20.4 Å². The molecule has 0 rings (SSSR count). The van der Waals surface area contributed by atoms with E-state index in [1.54, 1.807) is 6.26 Å². The molecule has 0 aliphatic rings. The Morgan fingerprint density at radius 1 is 1.07 bits per heavy atom. The minimum Gasteiger partial charge on any atom is -0.501 e. The molecule has 15 heavy (non-hydrogen) atoms. The van der Waals surface area contributed by atoms with Crippen molar-refractivity contribution in [3.05, 3.63) is 24.5 Å². The average Bonchev–Trinajstić information content (AvgIpc) is 2.24. The Balaban J connectivity index is 3.31. The smallest absolute Gasteiger partial charge is 0.0873 e. The Morgan fingerprint density at radius 2 is 1.80 bits per heavy atom. The van der Waals surface area contributed by atoms with Crippen LogP contribution in [0.3, 0.4) is 0 Å². The van der Waals surface area contributed by atoms with Gasteiger partial charge >= 0.3 is 0 Å². The average molecular weight is 210 g/mol. The lowest BCUT2D eigenvalue weighted by Gasteiger charge is -2.01. The molecule has 0 aliphatic carbocycles. The Labute approximate surface area is 95.2 Å². The van der Waals surface area contributed by atoms with E-state index in [1.165, 1.54) is 37.7 Å². The molecular formula is C14H26O. The minimum atomic E-state index is 0.829. The fraction of sp³-hybridized carbons (Fsp3) is 0.714. The van der Waals surface area contributed by atoms with Crippen LogP contribution in [0.2, 0.25) is 0 Å². The molecule has 0 aromatic rings. The van der Waals surface area contributed by atoms with Crippen LogP contribution >= 0.6 is 0 Å². The molecule has 0 saturated carbocycles. The maximum atomic E-state index is 5.33. The molecule has 0 aromatic heterocycles. The van der Waals surface area contributed by atoms with Gasteiger partial charge in [0.15, 0.2) is 0 Å². The van der Waals surface area contributed by atoms with Crippen LogP contribution in [0.15, 0.2) is 24.5 Å². The quantitative estimate of drug-likeness (QED) is 0.285. The SMILES string of the molecule is C=C(/C=C/OCCCC)CCCCCC. The van der Waals surface area contributed by atoms with Crippen molar-refractivity contribution in [3.8, 4) is 0 Å². The molecule has 1 nitrogen and oxygen atoms in total. The number of unbranched alkanes of at least 4 members (excludes halogenated alkanes) is 4. The van der Waals surface area contributed by atoms with E-state index in [-0.39, 0.29) is 0 Å². The zero-order valence-electron chi connectivity index (χ0n) is 10.4. The normalized spacial score (nSPS) is 10.8. The number of rotatable bonds is 10. The fourth-order valence-electron chi connectivity index (χ4n) is 1.30. The van der Waals surface area contributed by atoms with Crippen molar-refractivity contribution < 1.29 is 4.74 Å². The summed E-state index contributed by atoms with van der Waals surface area (Å²) in [7, 11) is 0. The molecule has 88 valence electrons. The highest BCUT2D eigenvalue weighted by Crippen LogP contribution is 2.09. The van der Waals surface area contributed by atoms with Crippen molar-refractivity contribution >= 4 is 0 Å². The van der Waals surface area contributed by atoms with Crippen molar-refractivity contribution in [1.82, 2.24) is 0 Å². The summed E-state index contributed by atoms with van der Waals surface area (Å²) in [4.78, 5) is 0. The Morgan fingerprint density at radius 3 is 2.47 bits per heavy atom. The molecule has 0 fully saturated rings. The van der Waals surface area contributed by atoms with Crippen LogP contribution in [0.25, 0.3) is 0 Å². The number of ether oxygens (including phenoxy) is 1. The molecule has 0 N–H and O–H groups in total. The van der Waals surface area contributed by atoms with E-state index in [4.69, 9.17) is 4.74 Å². The van der Waals surface area contributed by atoms with Crippen molar-refractivity contribution in [2.45, 2.75) is 58.8 Å². The predicted molar refractivity (Wildman–Crippen MR) is 67.9 cm³/mol. The number of hydrogen-bond donors (Lipinski definition) is 0. The topological polar surface area (TPSA) is 9.23 Å². The van der Waals surface area contributed by atoms with Gasteiger partial charge in [0.2, 0.25) is 0 Å². The molecular weight excluding hydrogens is 184 g/mol. The first kappa shape index (κ1) is 14.3. The van der Waals surface area contributed by atoms with Gasteiger partial charge in [-0.2, -0.15) is 0 Å². The van der Waals surface area contributed by atoms with Crippen LogP contribution in [-0.4, -0.2) is 6.61 Å². The van der Waals surface area contributed by atoms with Crippen molar-refractivity contribution in [3.63, 3.8) is 0 Å². The van der Waals surface area contributed by atoms with Crippen LogP contribution in [0, 0.1) is 0 Å². The summed E-state index contributed by atoms with van der Waals surface area (Å²) in [6, 6.07) is 0. The van der Waals surface area contributed by atoms with Gasteiger partial charge in [0, 0.05) is 0 Å². The van der Waals surface area contributed by atoms with Gasteiger partial charge in [0.1, 0.15) is 0 Å². The van der Waals surface area contributed by atoms with E-state index in [0.717, 1.165) is 19.4 Å². The van der Waals surface area contributed by atoms with Gasteiger partial charge in [-0.05, 0) is 25.3 Å². The lowest BCUT2D eigenvalue weighted by atomic mass is 10.1. The highest BCUT2D eigenvalue weighted by Gasteiger charge is 1.90. The first-order valence-electron chi connectivity index (χ1n) is 6.27. The van der Waals surface area contributed by atoms with Gasteiger partial charge in [0.05, 0.1) is 12.9 Å². The molecule has 0 radical (unpaired) electrons. The van der Waals surface area contributed by atoms with Gasteiger partial charge in [0.25, 0.3) is 0 Å². The molecule has 0 aromatic carbocycles. The molecule has 0 spiro atoms. The molecule has 0 bridgehead atoms. The second-order valence-electron chi connectivity index (χ2n) is 4.00. The molecule has 0 heterocycles. The summed E-state index contributed by atoms with van der Waals surface area (Å²) >= 11 is 0. The summed E-state index contributed by atoms with van der Waals surface area (Å²) in [6.07, 6.45) is 12.4. The third-order valence-electron chi connectivity index (χ3n) is 2.37. The predicted octanol–water partition coefficient (Wildman–Crippen LogP) is 4.84. The minimum absolute atomic E-state index is 0.829. The van der Waals surface area contributed by atoms with E-state index >= 15 is 0 Å². The van der Waals surface area contributed by atoms with E-state index in [0.29, 0.717) is 0 Å². The third kappa shape index (κ3) is 11.2. The molecule has 1 heteroatoms. The molecule has 0 saturated heterocycles. The van der Waals surface area contributed by atoms with E-state index in [9.17, 15) is 0 Å². The largest absolute Gasteiger partial charge is 0.501 e. The van der Waals surface area contributed by atoms with Crippen LogP contribution < -0.4 is 0 Å². The van der Waals surface area contributed by atoms with Crippen LogP contribution in [0.5, 0.6) is 0 Å². The first-order valence-corrected chi connectivity index (χ1v) is 6.27. The van der Waals surface area contributed by atoms with Crippen LogP contribution in [-0.2, 0) is 4.74 Å². The van der Waals surface area contributed by atoms with Gasteiger partial charge in [-0.25, -0.2) is 0 Å². The first-order chi connectivity index (χ1) is 7.31. The standard InChI is InChI=1S/C14H26O/c1-4-6-8-9-10-14(3)11-13-15-12-7-5-2/h11,13H,3-10,12H2,1-2H3/b13-11+. The Hall–Kier alpha value is -0.720. The monoisotopic (exact) mass is 210 g/mol. The summed E-state index contributed by atoms with van der Waals surface area (Å²) in [5.41, 5.74) is 1.18. The van der Waals surface area contributed by atoms with Crippen LogP contribution in [0.4, 0.5) is 0 Å². The Bertz CT molecular complexity index is 170. The van der Waals surface area contributed by atoms with Gasteiger partial charge in [-0.15, -0.1) is 0 Å². The van der Waals surface area contributed by atoms with Crippen molar-refractivity contribution in [1.29, 1.82) is 0 Å². The number of hydrogen-bond acceptors (Lipinski definition) is 1. The van der Waals surface area contributed by atoms with Gasteiger partial charge in [-0.3, -0.25) is 0 Å². The second kappa shape index (κ2) is 11.4. The molecule has 0 amide bonds. The molecule has 0 atom stereocenters. The molecule has 0 unspecified atom stereocenters. The summed E-state index contributed by atoms with van der Waals surface area (Å²) in [5, 5.41) is 0. The van der Waals surface area contributed by atoms with Crippen molar-refractivity contribution in [2.24, 2.45) is 0 Å². The lowest BCUT2D eigenvalue weighted by Crippen LogP contribution is -1.86. The van der Waals surface area contributed by atoms with E-state index < -0.39 is 0 Å². The van der Waals surface area contributed by atoms with Crippen molar-refractivity contribution in [2.75, 3.05) is 6.61 Å². The zero-order chi connectivity index (χ0) is 11.4. The molecule has 0 aliphatic heterocycles. The van der Waals surface area contributed by atoms with Gasteiger partial charge < -0.3 is 4.74 Å². The van der Waals surface area contributed by atoms with Gasteiger partial charge in [-0.1, -0.05) is 51.7 Å². The van der Waals surface area contributed by atoms with E-state index in [1.807, 2.05) is 6.08 Å².